The molecule has 1 aliphatic rings. The van der Waals surface area contributed by atoms with Gasteiger partial charge in [-0.25, -0.2) is 9.97 Å². The SMILES string of the molecule is CC1CCN(c2ncnc3ccsc23)CC1Br. The van der Waals surface area contributed by atoms with Gasteiger partial charge in [0, 0.05) is 17.9 Å². The second-order valence-corrected chi connectivity index (χ2v) is 6.65. The summed E-state index contributed by atoms with van der Waals surface area (Å²) in [6.07, 6.45) is 2.89. The van der Waals surface area contributed by atoms with Gasteiger partial charge in [-0.1, -0.05) is 22.9 Å². The molecule has 3 heterocycles. The van der Waals surface area contributed by atoms with Crippen molar-refractivity contribution in [3.05, 3.63) is 17.8 Å². The molecule has 1 saturated heterocycles. The van der Waals surface area contributed by atoms with Crippen LogP contribution in [0.15, 0.2) is 17.8 Å². The molecule has 0 aromatic carbocycles. The smallest absolute Gasteiger partial charge is 0.150 e. The topological polar surface area (TPSA) is 29.0 Å². The van der Waals surface area contributed by atoms with E-state index in [1.54, 1.807) is 17.7 Å². The molecule has 2 aromatic rings. The third-order valence-corrected chi connectivity index (χ3v) is 5.48. The second-order valence-electron chi connectivity index (χ2n) is 4.56. The monoisotopic (exact) mass is 311 g/mol. The maximum absolute atomic E-state index is 4.47. The van der Waals surface area contributed by atoms with Gasteiger partial charge in [0.05, 0.1) is 10.2 Å². The Morgan fingerprint density at radius 2 is 2.35 bits per heavy atom. The predicted octanol–water partition coefficient (Wildman–Crippen LogP) is 3.30. The Morgan fingerprint density at radius 3 is 3.18 bits per heavy atom. The number of thiophene rings is 1. The molecule has 90 valence electrons. The van der Waals surface area contributed by atoms with E-state index in [2.05, 4.69) is 49.2 Å². The lowest BCUT2D eigenvalue weighted by molar-refractivity contribution is 0.455. The largest absolute Gasteiger partial charge is 0.354 e. The van der Waals surface area contributed by atoms with Gasteiger partial charge in [-0.3, -0.25) is 0 Å². The molecule has 1 fully saturated rings. The number of nitrogens with zero attached hydrogens (tertiary/aromatic N) is 3. The first-order valence-corrected chi connectivity index (χ1v) is 7.62. The number of halogens is 1. The van der Waals surface area contributed by atoms with Crippen LogP contribution in [0.5, 0.6) is 0 Å². The molecule has 17 heavy (non-hydrogen) atoms. The third kappa shape index (κ3) is 2.06. The van der Waals surface area contributed by atoms with Gasteiger partial charge in [0.2, 0.25) is 0 Å². The molecule has 0 radical (unpaired) electrons. The Hall–Kier alpha value is -0.680. The number of fused-ring (bicyclic) bond motifs is 1. The highest BCUT2D eigenvalue weighted by atomic mass is 79.9. The lowest BCUT2D eigenvalue weighted by Crippen LogP contribution is -2.40. The summed E-state index contributed by atoms with van der Waals surface area (Å²) in [7, 11) is 0. The van der Waals surface area contributed by atoms with Gasteiger partial charge in [-0.2, -0.15) is 0 Å². The summed E-state index contributed by atoms with van der Waals surface area (Å²) < 4.78 is 1.21. The Bertz CT molecular complexity index is 527. The number of anilines is 1. The van der Waals surface area contributed by atoms with Crippen LogP contribution >= 0.6 is 27.3 Å². The molecule has 2 atom stereocenters. The number of piperidine rings is 1. The first-order chi connectivity index (χ1) is 8.25. The van der Waals surface area contributed by atoms with Crippen molar-refractivity contribution in [2.24, 2.45) is 5.92 Å². The zero-order valence-corrected chi connectivity index (χ0v) is 12.0. The summed E-state index contributed by atoms with van der Waals surface area (Å²) in [5, 5.41) is 2.08. The number of aromatic nitrogens is 2. The van der Waals surface area contributed by atoms with Gasteiger partial charge in [0.25, 0.3) is 0 Å². The normalized spacial score (nSPS) is 25.4. The average Bonchev–Trinajstić information content (AvgIpc) is 2.80. The number of hydrogen-bond acceptors (Lipinski definition) is 4. The standard InChI is InChI=1S/C12H14BrN3S/c1-8-2-4-16(6-9(8)13)12-11-10(3-5-17-11)14-7-15-12/h3,5,7-9H,2,4,6H2,1H3. The molecule has 5 heteroatoms. The van der Waals surface area contributed by atoms with E-state index in [-0.39, 0.29) is 0 Å². The molecule has 0 amide bonds. The van der Waals surface area contributed by atoms with Crippen LogP contribution in [0, 0.1) is 5.92 Å². The summed E-state index contributed by atoms with van der Waals surface area (Å²) in [5.41, 5.74) is 1.06. The molecular weight excluding hydrogens is 298 g/mol. The summed E-state index contributed by atoms with van der Waals surface area (Å²) in [5.74, 6) is 1.84. The fourth-order valence-electron chi connectivity index (χ4n) is 2.22. The van der Waals surface area contributed by atoms with Crippen LogP contribution < -0.4 is 4.90 Å². The van der Waals surface area contributed by atoms with E-state index in [0.717, 1.165) is 30.3 Å². The number of alkyl halides is 1. The van der Waals surface area contributed by atoms with Gasteiger partial charge in [0.15, 0.2) is 0 Å². The van der Waals surface area contributed by atoms with Crippen LogP contribution in [-0.2, 0) is 0 Å². The first-order valence-electron chi connectivity index (χ1n) is 5.83. The molecule has 0 spiro atoms. The van der Waals surface area contributed by atoms with E-state index in [4.69, 9.17) is 0 Å². The molecule has 3 rings (SSSR count). The highest BCUT2D eigenvalue weighted by Gasteiger charge is 2.26. The summed E-state index contributed by atoms with van der Waals surface area (Å²) in [6.45, 7) is 4.43. The average molecular weight is 312 g/mol. The predicted molar refractivity (Wildman–Crippen MR) is 76.1 cm³/mol. The third-order valence-electron chi connectivity index (χ3n) is 3.39. The van der Waals surface area contributed by atoms with Crippen LogP contribution in [0.3, 0.4) is 0 Å². The minimum absolute atomic E-state index is 0.557. The van der Waals surface area contributed by atoms with E-state index in [1.165, 1.54) is 11.1 Å². The van der Waals surface area contributed by atoms with Crippen molar-refractivity contribution in [2.75, 3.05) is 18.0 Å². The van der Waals surface area contributed by atoms with Gasteiger partial charge in [0.1, 0.15) is 12.1 Å². The van der Waals surface area contributed by atoms with Crippen molar-refractivity contribution < 1.29 is 0 Å². The van der Waals surface area contributed by atoms with Gasteiger partial charge >= 0.3 is 0 Å². The van der Waals surface area contributed by atoms with Gasteiger partial charge < -0.3 is 4.90 Å². The summed E-state index contributed by atoms with van der Waals surface area (Å²) in [4.78, 5) is 11.7. The van der Waals surface area contributed by atoms with Crippen molar-refractivity contribution in [3.63, 3.8) is 0 Å². The molecule has 3 nitrogen and oxygen atoms in total. The molecule has 2 unspecified atom stereocenters. The summed E-state index contributed by atoms with van der Waals surface area (Å²) in [6, 6.07) is 2.06. The second kappa shape index (κ2) is 4.53. The molecule has 0 bridgehead atoms. The Morgan fingerprint density at radius 1 is 1.47 bits per heavy atom. The van der Waals surface area contributed by atoms with Crippen molar-refractivity contribution in [2.45, 2.75) is 18.2 Å². The van der Waals surface area contributed by atoms with Crippen LogP contribution in [-0.4, -0.2) is 27.9 Å². The number of rotatable bonds is 1. The van der Waals surface area contributed by atoms with Crippen LogP contribution in [0.4, 0.5) is 5.82 Å². The number of hydrogen-bond donors (Lipinski definition) is 0. The fraction of sp³-hybridized carbons (Fsp3) is 0.500. The minimum Gasteiger partial charge on any atom is -0.354 e. The maximum Gasteiger partial charge on any atom is 0.150 e. The highest BCUT2D eigenvalue weighted by molar-refractivity contribution is 9.09. The Kier molecular flexibility index (Phi) is 3.04. The van der Waals surface area contributed by atoms with Crippen molar-refractivity contribution >= 4 is 43.3 Å². The zero-order valence-electron chi connectivity index (χ0n) is 9.64. The lowest BCUT2D eigenvalue weighted by Gasteiger charge is -2.35. The highest BCUT2D eigenvalue weighted by Crippen LogP contribution is 2.32. The first kappa shape index (κ1) is 11.4. The van der Waals surface area contributed by atoms with Crippen LogP contribution in [0.2, 0.25) is 0 Å². The molecule has 1 aliphatic heterocycles. The molecule has 0 N–H and O–H groups in total. The summed E-state index contributed by atoms with van der Waals surface area (Å²) >= 11 is 5.49. The molecule has 0 aliphatic carbocycles. The molecular formula is C12H14BrN3S. The van der Waals surface area contributed by atoms with E-state index < -0.39 is 0 Å². The lowest BCUT2D eigenvalue weighted by atomic mass is 9.99. The zero-order chi connectivity index (χ0) is 11.8. The minimum atomic E-state index is 0.557. The van der Waals surface area contributed by atoms with Crippen LogP contribution in [0.25, 0.3) is 10.2 Å². The quantitative estimate of drug-likeness (QED) is 0.757. The van der Waals surface area contributed by atoms with E-state index in [9.17, 15) is 0 Å². The van der Waals surface area contributed by atoms with E-state index in [1.807, 2.05) is 0 Å². The van der Waals surface area contributed by atoms with Gasteiger partial charge in [-0.05, 0) is 23.8 Å². The fourth-order valence-corrected chi connectivity index (χ4v) is 3.69. The maximum atomic E-state index is 4.47. The Balaban J connectivity index is 1.96. The van der Waals surface area contributed by atoms with Crippen molar-refractivity contribution in [3.8, 4) is 0 Å². The molecule has 2 aromatic heterocycles. The van der Waals surface area contributed by atoms with Gasteiger partial charge in [-0.15, -0.1) is 11.3 Å². The molecule has 0 saturated carbocycles. The van der Waals surface area contributed by atoms with E-state index >= 15 is 0 Å². The van der Waals surface area contributed by atoms with Crippen molar-refractivity contribution in [1.82, 2.24) is 9.97 Å². The van der Waals surface area contributed by atoms with Crippen molar-refractivity contribution in [1.29, 1.82) is 0 Å². The van der Waals surface area contributed by atoms with Crippen LogP contribution in [0.1, 0.15) is 13.3 Å². The van der Waals surface area contributed by atoms with E-state index in [0.29, 0.717) is 4.83 Å². The Labute approximate surface area is 113 Å².